The van der Waals surface area contributed by atoms with Crippen LogP contribution in [0.25, 0.3) is 0 Å². The van der Waals surface area contributed by atoms with Crippen molar-refractivity contribution in [3.63, 3.8) is 0 Å². The van der Waals surface area contributed by atoms with Crippen LogP contribution in [0.5, 0.6) is 11.5 Å². The molecule has 1 aliphatic rings. The van der Waals surface area contributed by atoms with Gasteiger partial charge in [-0.05, 0) is 54.1 Å². The largest absolute Gasteiger partial charge is 0.493 e. The molecular weight excluding hydrogens is 412 g/mol. The Hall–Kier alpha value is -3.40. The fourth-order valence-corrected chi connectivity index (χ4v) is 4.03. The molecule has 0 radical (unpaired) electrons. The fraction of sp³-hybridized carbons (Fsp3) is 0.455. The molecule has 0 spiro atoms. The maximum atomic E-state index is 12.7. The summed E-state index contributed by atoms with van der Waals surface area (Å²) in [6.07, 6.45) is 1.52. The van der Waals surface area contributed by atoms with Crippen LogP contribution in [0, 0.1) is 0 Å². The molecule has 1 amide bonds. The first-order valence-electron chi connectivity index (χ1n) is 10.6. The topological polar surface area (TPSA) is 98.8 Å². The number of methoxy groups -OCH3 is 2. The molecule has 0 unspecified atom stereocenters. The van der Waals surface area contributed by atoms with E-state index in [-0.39, 0.29) is 18.0 Å². The monoisotopic (exact) mass is 440 g/mol. The summed E-state index contributed by atoms with van der Waals surface area (Å²) in [5.41, 5.74) is 0.991. The highest BCUT2D eigenvalue weighted by molar-refractivity contribution is 5.91. The number of hydrogen-bond acceptors (Lipinski definition) is 8. The van der Waals surface area contributed by atoms with Crippen molar-refractivity contribution in [3.05, 3.63) is 53.7 Å². The number of tetrazole rings is 1. The zero-order valence-corrected chi connectivity index (χ0v) is 18.8. The van der Waals surface area contributed by atoms with Gasteiger partial charge in [0.2, 0.25) is 0 Å². The zero-order valence-electron chi connectivity index (χ0n) is 18.8. The van der Waals surface area contributed by atoms with Crippen molar-refractivity contribution in [1.82, 2.24) is 30.0 Å². The van der Waals surface area contributed by atoms with Crippen LogP contribution in [-0.2, 0) is 0 Å². The molecule has 0 bridgehead atoms. The minimum Gasteiger partial charge on any atom is -0.493 e. The molecule has 1 saturated heterocycles. The number of benzene rings is 1. The minimum atomic E-state index is -0.201. The van der Waals surface area contributed by atoms with Crippen LogP contribution in [0.2, 0.25) is 0 Å². The first kappa shape index (κ1) is 21.8. The van der Waals surface area contributed by atoms with Crippen LogP contribution in [0.15, 0.2) is 41.0 Å². The molecule has 10 heteroatoms. The first-order chi connectivity index (χ1) is 15.5. The number of carbonyl (C=O) groups is 1. The zero-order chi connectivity index (χ0) is 22.7. The van der Waals surface area contributed by atoms with Crippen LogP contribution in [-0.4, -0.2) is 76.3 Å². The van der Waals surface area contributed by atoms with Gasteiger partial charge in [-0.25, -0.2) is 4.68 Å². The van der Waals surface area contributed by atoms with E-state index in [2.05, 4.69) is 20.4 Å². The second kappa shape index (κ2) is 9.39. The van der Waals surface area contributed by atoms with Crippen molar-refractivity contribution >= 4 is 5.91 Å². The number of aromatic nitrogens is 4. The molecule has 1 aliphatic heterocycles. The Morgan fingerprint density at radius 3 is 2.44 bits per heavy atom. The Bertz CT molecular complexity index is 1040. The number of ether oxygens (including phenoxy) is 2. The van der Waals surface area contributed by atoms with Crippen molar-refractivity contribution < 1.29 is 18.7 Å². The van der Waals surface area contributed by atoms with E-state index in [1.54, 1.807) is 26.4 Å². The highest BCUT2D eigenvalue weighted by Crippen LogP contribution is 2.35. The third-order valence-electron chi connectivity index (χ3n) is 5.67. The summed E-state index contributed by atoms with van der Waals surface area (Å²) in [5.74, 6) is 2.32. The Kier molecular flexibility index (Phi) is 6.40. The van der Waals surface area contributed by atoms with E-state index in [1.165, 1.54) is 6.26 Å². The summed E-state index contributed by atoms with van der Waals surface area (Å²) < 4.78 is 18.1. The second-order valence-corrected chi connectivity index (χ2v) is 7.90. The number of rotatable bonds is 7. The van der Waals surface area contributed by atoms with Gasteiger partial charge < -0.3 is 18.8 Å². The predicted octanol–water partition coefficient (Wildman–Crippen LogP) is 2.41. The van der Waals surface area contributed by atoms with Crippen molar-refractivity contribution in [2.75, 3.05) is 40.4 Å². The molecule has 32 heavy (non-hydrogen) atoms. The Morgan fingerprint density at radius 2 is 1.81 bits per heavy atom. The normalized spacial score (nSPS) is 15.7. The highest BCUT2D eigenvalue weighted by Gasteiger charge is 2.33. The number of nitrogens with zero attached hydrogens (tertiary/aromatic N) is 6. The first-order valence-corrected chi connectivity index (χ1v) is 10.6. The third kappa shape index (κ3) is 4.18. The molecule has 1 atom stereocenters. The van der Waals surface area contributed by atoms with E-state index in [4.69, 9.17) is 13.9 Å². The quantitative estimate of drug-likeness (QED) is 0.552. The average molecular weight is 441 g/mol. The van der Waals surface area contributed by atoms with Crippen LogP contribution in [0.3, 0.4) is 0 Å². The second-order valence-electron chi connectivity index (χ2n) is 7.90. The number of furan rings is 1. The van der Waals surface area contributed by atoms with Gasteiger partial charge in [-0.1, -0.05) is 6.07 Å². The summed E-state index contributed by atoms with van der Waals surface area (Å²) in [7, 11) is 3.23. The van der Waals surface area contributed by atoms with Gasteiger partial charge in [-0.15, -0.1) is 5.10 Å². The lowest BCUT2D eigenvalue weighted by molar-refractivity contribution is 0.0558. The van der Waals surface area contributed by atoms with E-state index in [1.807, 2.05) is 41.6 Å². The van der Waals surface area contributed by atoms with Gasteiger partial charge in [0.1, 0.15) is 0 Å². The third-order valence-corrected chi connectivity index (χ3v) is 5.67. The van der Waals surface area contributed by atoms with Crippen molar-refractivity contribution in [1.29, 1.82) is 0 Å². The van der Waals surface area contributed by atoms with Crippen LogP contribution in [0.4, 0.5) is 0 Å². The lowest BCUT2D eigenvalue weighted by atomic mass is 10.0. The fourth-order valence-electron chi connectivity index (χ4n) is 4.03. The lowest BCUT2D eigenvalue weighted by Gasteiger charge is -2.38. The van der Waals surface area contributed by atoms with Gasteiger partial charge in [0.05, 0.1) is 32.6 Å². The van der Waals surface area contributed by atoms with Crippen LogP contribution < -0.4 is 9.47 Å². The standard InChI is InChI=1S/C22H28N6O4/c1-15(2)28-21(23-24-25-28)20(16-7-8-17(30-3)19(14-16)31-4)26-9-11-27(12-10-26)22(29)18-6-5-13-32-18/h5-8,13-15,20H,9-12H2,1-4H3/t20-/m0/s1. The van der Waals surface area contributed by atoms with Gasteiger partial charge in [0.25, 0.3) is 5.91 Å². The summed E-state index contributed by atoms with van der Waals surface area (Å²) in [4.78, 5) is 16.8. The average Bonchev–Trinajstić information content (AvgIpc) is 3.52. The molecule has 0 saturated carbocycles. The molecule has 0 N–H and O–H groups in total. The molecule has 10 nitrogen and oxygen atoms in total. The summed E-state index contributed by atoms with van der Waals surface area (Å²) in [5, 5.41) is 12.5. The molecule has 1 fully saturated rings. The molecule has 170 valence electrons. The maximum Gasteiger partial charge on any atom is 0.289 e. The van der Waals surface area contributed by atoms with Crippen LogP contribution in [0.1, 0.15) is 47.9 Å². The number of piperazine rings is 1. The Morgan fingerprint density at radius 1 is 1.06 bits per heavy atom. The van der Waals surface area contributed by atoms with E-state index < -0.39 is 0 Å². The molecule has 1 aromatic carbocycles. The number of carbonyl (C=O) groups excluding carboxylic acids is 1. The SMILES string of the molecule is COc1ccc([C@@H](c2nnnn2C(C)C)N2CCN(C(=O)c3ccco3)CC2)cc1OC. The van der Waals surface area contributed by atoms with E-state index >= 15 is 0 Å². The van der Waals surface area contributed by atoms with Gasteiger partial charge >= 0.3 is 0 Å². The van der Waals surface area contributed by atoms with E-state index in [0.717, 1.165) is 11.4 Å². The molecule has 4 rings (SSSR count). The summed E-state index contributed by atoms with van der Waals surface area (Å²) in [6.45, 7) is 6.57. The smallest absolute Gasteiger partial charge is 0.289 e. The predicted molar refractivity (Wildman–Crippen MR) is 116 cm³/mol. The molecule has 0 aliphatic carbocycles. The maximum absolute atomic E-state index is 12.7. The number of hydrogen-bond donors (Lipinski definition) is 0. The van der Waals surface area contributed by atoms with Gasteiger partial charge in [-0.2, -0.15) is 0 Å². The summed E-state index contributed by atoms with van der Waals surface area (Å²) in [6, 6.07) is 9.17. The van der Waals surface area contributed by atoms with Crippen LogP contribution >= 0.6 is 0 Å². The Balaban J connectivity index is 1.64. The van der Waals surface area contributed by atoms with Crippen molar-refractivity contribution in [2.24, 2.45) is 0 Å². The van der Waals surface area contributed by atoms with E-state index in [0.29, 0.717) is 43.4 Å². The molecular formula is C22H28N6O4. The van der Waals surface area contributed by atoms with Crippen molar-refractivity contribution in [2.45, 2.75) is 25.9 Å². The number of amides is 1. The minimum absolute atomic E-state index is 0.0932. The molecule has 3 aromatic rings. The van der Waals surface area contributed by atoms with Gasteiger partial charge in [0.15, 0.2) is 23.1 Å². The highest BCUT2D eigenvalue weighted by atomic mass is 16.5. The van der Waals surface area contributed by atoms with Crippen molar-refractivity contribution in [3.8, 4) is 11.5 Å². The van der Waals surface area contributed by atoms with Gasteiger partial charge in [-0.3, -0.25) is 9.69 Å². The summed E-state index contributed by atoms with van der Waals surface area (Å²) >= 11 is 0. The molecule has 3 heterocycles. The Labute approximate surface area is 186 Å². The van der Waals surface area contributed by atoms with E-state index in [9.17, 15) is 4.79 Å². The van der Waals surface area contributed by atoms with Gasteiger partial charge in [0, 0.05) is 26.2 Å². The lowest BCUT2D eigenvalue weighted by Crippen LogP contribution is -2.50. The molecule has 2 aromatic heterocycles.